The van der Waals surface area contributed by atoms with Crippen LogP contribution >= 0.6 is 11.6 Å². The highest BCUT2D eigenvalue weighted by Gasteiger charge is 2.14. The molecule has 0 radical (unpaired) electrons. The Bertz CT molecular complexity index is 535. The summed E-state index contributed by atoms with van der Waals surface area (Å²) < 4.78 is 37.3. The smallest absolute Gasteiger partial charge is 0.214 e. The van der Waals surface area contributed by atoms with Gasteiger partial charge in [0.25, 0.3) is 0 Å². The third kappa shape index (κ3) is 4.72. The molecule has 4 nitrogen and oxygen atoms in total. The van der Waals surface area contributed by atoms with E-state index in [4.69, 9.17) is 11.6 Å². The van der Waals surface area contributed by atoms with Crippen LogP contribution in [0.2, 0.25) is 5.02 Å². The maximum Gasteiger partial charge on any atom is 0.214 e. The second-order valence-electron chi connectivity index (χ2n) is 4.45. The van der Waals surface area contributed by atoms with Crippen molar-refractivity contribution in [2.45, 2.75) is 13.0 Å². The highest BCUT2D eigenvalue weighted by Crippen LogP contribution is 2.20. The number of nitrogens with one attached hydrogen (secondary N) is 1. The van der Waals surface area contributed by atoms with Crippen molar-refractivity contribution in [3.8, 4) is 0 Å². The van der Waals surface area contributed by atoms with Crippen LogP contribution in [0.5, 0.6) is 0 Å². The molecule has 1 aromatic rings. The Kier molecular flexibility index (Phi) is 5.73. The minimum atomic E-state index is -3.21. The molecule has 0 saturated heterocycles. The molecule has 0 aliphatic heterocycles. The van der Waals surface area contributed by atoms with Crippen LogP contribution in [0.25, 0.3) is 0 Å². The van der Waals surface area contributed by atoms with Gasteiger partial charge in [-0.1, -0.05) is 17.7 Å². The zero-order chi connectivity index (χ0) is 14.6. The molecule has 1 aromatic carbocycles. The van der Waals surface area contributed by atoms with Gasteiger partial charge in [0.05, 0.1) is 10.8 Å². The van der Waals surface area contributed by atoms with E-state index >= 15 is 0 Å². The van der Waals surface area contributed by atoms with Crippen molar-refractivity contribution in [1.29, 1.82) is 0 Å². The van der Waals surface area contributed by atoms with Crippen LogP contribution in [0.1, 0.15) is 18.5 Å². The summed E-state index contributed by atoms with van der Waals surface area (Å²) in [6, 6.07) is 4.36. The molecule has 19 heavy (non-hydrogen) atoms. The Morgan fingerprint density at radius 3 is 2.58 bits per heavy atom. The fourth-order valence-corrected chi connectivity index (χ4v) is 2.42. The topological polar surface area (TPSA) is 49.4 Å². The second kappa shape index (κ2) is 6.65. The molecule has 108 valence electrons. The monoisotopic (exact) mass is 308 g/mol. The average Bonchev–Trinajstić information content (AvgIpc) is 2.32. The van der Waals surface area contributed by atoms with Crippen molar-refractivity contribution in [1.82, 2.24) is 9.62 Å². The minimum Gasteiger partial charge on any atom is -0.309 e. The summed E-state index contributed by atoms with van der Waals surface area (Å²) in [7, 11) is -0.209. The molecule has 0 amide bonds. The summed E-state index contributed by atoms with van der Waals surface area (Å²) in [6.07, 6.45) is 0. The Labute approximate surface area is 118 Å². The minimum absolute atomic E-state index is 0.0132. The van der Waals surface area contributed by atoms with Crippen LogP contribution in [0.3, 0.4) is 0 Å². The van der Waals surface area contributed by atoms with Gasteiger partial charge < -0.3 is 5.32 Å². The van der Waals surface area contributed by atoms with Crippen LogP contribution < -0.4 is 5.32 Å². The van der Waals surface area contributed by atoms with Gasteiger partial charge in [0.15, 0.2) is 0 Å². The zero-order valence-corrected chi connectivity index (χ0v) is 12.7. The molecule has 0 aromatic heterocycles. The number of sulfonamides is 1. The number of halogens is 2. The summed E-state index contributed by atoms with van der Waals surface area (Å²) in [5, 5.41) is 3.13. The molecule has 0 spiro atoms. The number of benzene rings is 1. The molecule has 0 aliphatic rings. The lowest BCUT2D eigenvalue weighted by Crippen LogP contribution is -2.32. The summed E-state index contributed by atoms with van der Waals surface area (Å²) in [6.45, 7) is 2.18. The highest BCUT2D eigenvalue weighted by molar-refractivity contribution is 7.89. The molecule has 7 heteroatoms. The van der Waals surface area contributed by atoms with Gasteiger partial charge in [0.1, 0.15) is 5.82 Å². The molecule has 1 rings (SSSR count). The molecule has 0 aliphatic carbocycles. The third-order valence-corrected chi connectivity index (χ3v) is 4.93. The van der Waals surface area contributed by atoms with E-state index in [1.54, 1.807) is 6.07 Å². The molecule has 0 bridgehead atoms. The fraction of sp³-hybridized carbons (Fsp3) is 0.500. The SMILES string of the molecule is CC(NCCS(=O)(=O)N(C)C)c1ccc(F)c(Cl)c1. The van der Waals surface area contributed by atoms with Gasteiger partial charge in [0.2, 0.25) is 10.0 Å². The molecule has 1 unspecified atom stereocenters. The van der Waals surface area contributed by atoms with E-state index in [9.17, 15) is 12.8 Å². The fourth-order valence-electron chi connectivity index (χ4n) is 1.49. The summed E-state index contributed by atoms with van der Waals surface area (Å²) >= 11 is 5.70. The molecule has 0 heterocycles. The Morgan fingerprint density at radius 2 is 2.05 bits per heavy atom. The van der Waals surface area contributed by atoms with Crippen LogP contribution in [0, 0.1) is 5.82 Å². The first-order valence-electron chi connectivity index (χ1n) is 5.82. The summed E-state index contributed by atoms with van der Waals surface area (Å²) in [4.78, 5) is 0. The van der Waals surface area contributed by atoms with E-state index < -0.39 is 15.8 Å². The summed E-state index contributed by atoms with van der Waals surface area (Å²) in [5.74, 6) is -0.452. The standard InChI is InChI=1S/C12H18ClFN2O2S/c1-9(10-4-5-12(14)11(13)8-10)15-6-7-19(17,18)16(2)3/h4-5,8-9,15H,6-7H2,1-3H3. The first-order chi connectivity index (χ1) is 8.74. The van der Waals surface area contributed by atoms with Crippen molar-refractivity contribution >= 4 is 21.6 Å². The van der Waals surface area contributed by atoms with Crippen LogP contribution in [-0.2, 0) is 10.0 Å². The molecule has 1 N–H and O–H groups in total. The molecule has 0 fully saturated rings. The van der Waals surface area contributed by atoms with Gasteiger partial charge in [-0.3, -0.25) is 0 Å². The predicted molar refractivity (Wildman–Crippen MR) is 75.3 cm³/mol. The maximum absolute atomic E-state index is 13.0. The van der Waals surface area contributed by atoms with Gasteiger partial charge in [-0.05, 0) is 24.6 Å². The lowest BCUT2D eigenvalue weighted by Gasteiger charge is -2.16. The highest BCUT2D eigenvalue weighted by atomic mass is 35.5. The lowest BCUT2D eigenvalue weighted by molar-refractivity contribution is 0.512. The molecule has 1 atom stereocenters. The van der Waals surface area contributed by atoms with E-state index in [2.05, 4.69) is 5.32 Å². The van der Waals surface area contributed by atoms with Gasteiger partial charge in [0, 0.05) is 26.7 Å². The molecular weight excluding hydrogens is 291 g/mol. The number of rotatable bonds is 6. The number of nitrogens with zero attached hydrogens (tertiary/aromatic N) is 1. The van der Waals surface area contributed by atoms with Crippen molar-refractivity contribution in [3.05, 3.63) is 34.6 Å². The second-order valence-corrected chi connectivity index (χ2v) is 7.16. The maximum atomic E-state index is 13.0. The van der Waals surface area contributed by atoms with Gasteiger partial charge in [-0.15, -0.1) is 0 Å². The quantitative estimate of drug-likeness (QED) is 0.875. The van der Waals surface area contributed by atoms with Gasteiger partial charge in [-0.2, -0.15) is 0 Å². The van der Waals surface area contributed by atoms with Crippen molar-refractivity contribution in [3.63, 3.8) is 0 Å². The third-order valence-electron chi connectivity index (χ3n) is 2.81. The summed E-state index contributed by atoms with van der Waals surface area (Å²) in [5.41, 5.74) is 0.814. The van der Waals surface area contributed by atoms with E-state index in [1.807, 2.05) is 6.92 Å². The van der Waals surface area contributed by atoms with Crippen molar-refractivity contribution in [2.24, 2.45) is 0 Å². The Morgan fingerprint density at radius 1 is 1.42 bits per heavy atom. The van der Waals surface area contributed by atoms with E-state index in [0.29, 0.717) is 6.54 Å². The van der Waals surface area contributed by atoms with Crippen LogP contribution in [0.4, 0.5) is 4.39 Å². The van der Waals surface area contributed by atoms with E-state index in [1.165, 1.54) is 30.5 Å². The molecule has 0 saturated carbocycles. The van der Waals surface area contributed by atoms with Gasteiger partial charge in [-0.25, -0.2) is 17.1 Å². The Balaban J connectivity index is 2.56. The van der Waals surface area contributed by atoms with E-state index in [-0.39, 0.29) is 16.8 Å². The zero-order valence-electron chi connectivity index (χ0n) is 11.2. The average molecular weight is 309 g/mol. The van der Waals surface area contributed by atoms with Crippen molar-refractivity contribution < 1.29 is 12.8 Å². The number of hydrogen-bond acceptors (Lipinski definition) is 3. The molecular formula is C12H18ClFN2O2S. The van der Waals surface area contributed by atoms with Crippen LogP contribution in [-0.4, -0.2) is 39.1 Å². The van der Waals surface area contributed by atoms with Crippen molar-refractivity contribution in [2.75, 3.05) is 26.4 Å². The Hall–Kier alpha value is -0.690. The van der Waals surface area contributed by atoms with E-state index in [0.717, 1.165) is 5.56 Å². The normalized spacial score (nSPS) is 13.8. The van der Waals surface area contributed by atoms with Crippen LogP contribution in [0.15, 0.2) is 18.2 Å². The number of hydrogen-bond donors (Lipinski definition) is 1. The first kappa shape index (κ1) is 16.4. The largest absolute Gasteiger partial charge is 0.309 e. The van der Waals surface area contributed by atoms with Gasteiger partial charge >= 0.3 is 0 Å². The first-order valence-corrected chi connectivity index (χ1v) is 7.81. The lowest BCUT2D eigenvalue weighted by atomic mass is 10.1. The predicted octanol–water partition coefficient (Wildman–Crippen LogP) is 2.02.